The van der Waals surface area contributed by atoms with Crippen LogP contribution in [0.15, 0.2) is 27.6 Å². The molecule has 1 aromatic rings. The molecular weight excluding hydrogens is 322 g/mol. The predicted molar refractivity (Wildman–Crippen MR) is 70.6 cm³/mol. The Kier molecular flexibility index (Phi) is 5.61. The minimum absolute atomic E-state index is 0.0697. The molecule has 0 aliphatic carbocycles. The van der Waals surface area contributed by atoms with Crippen molar-refractivity contribution in [2.24, 2.45) is 5.92 Å². The van der Waals surface area contributed by atoms with Crippen LogP contribution in [0.3, 0.4) is 0 Å². The van der Waals surface area contributed by atoms with E-state index in [1.165, 1.54) is 0 Å². The Balaban J connectivity index is 2.78. The Morgan fingerprint density at radius 2 is 2.20 bits per heavy atom. The van der Waals surface area contributed by atoms with E-state index in [0.29, 0.717) is 5.92 Å². The Morgan fingerprint density at radius 1 is 1.47 bits per heavy atom. The first kappa shape index (κ1) is 13.0. The van der Waals surface area contributed by atoms with Crippen molar-refractivity contribution in [3.05, 3.63) is 33.2 Å². The average Bonchev–Trinajstić information content (AvgIpc) is 2.22. The van der Waals surface area contributed by atoms with Gasteiger partial charge in [0.25, 0.3) is 5.56 Å². The van der Waals surface area contributed by atoms with E-state index in [2.05, 4.69) is 38.8 Å². The molecule has 1 aromatic heterocycles. The smallest absolute Gasteiger partial charge is 0.250 e. The van der Waals surface area contributed by atoms with E-state index in [9.17, 15) is 4.79 Å². The summed E-state index contributed by atoms with van der Waals surface area (Å²) in [6.45, 7) is 2.96. The first-order valence-electron chi connectivity index (χ1n) is 5.09. The minimum Gasteiger partial charge on any atom is -0.314 e. The number of hydrogen-bond donors (Lipinski definition) is 0. The first-order valence-corrected chi connectivity index (χ1v) is 7.00. The lowest BCUT2D eigenvalue weighted by Gasteiger charge is -2.14. The molecule has 15 heavy (non-hydrogen) atoms. The van der Waals surface area contributed by atoms with E-state index in [4.69, 9.17) is 0 Å². The Hall–Kier alpha value is -0.0900. The molecule has 0 bridgehead atoms. The molecule has 84 valence electrons. The van der Waals surface area contributed by atoms with Crippen LogP contribution in [0.4, 0.5) is 0 Å². The zero-order valence-corrected chi connectivity index (χ0v) is 11.9. The van der Waals surface area contributed by atoms with E-state index >= 15 is 0 Å². The zero-order chi connectivity index (χ0) is 11.3. The van der Waals surface area contributed by atoms with Crippen molar-refractivity contribution in [1.82, 2.24) is 4.57 Å². The van der Waals surface area contributed by atoms with Crippen LogP contribution in [0.2, 0.25) is 0 Å². The van der Waals surface area contributed by atoms with Crippen LogP contribution < -0.4 is 5.56 Å². The summed E-state index contributed by atoms with van der Waals surface area (Å²) in [6, 6.07) is 3.38. The van der Waals surface area contributed by atoms with E-state index in [0.717, 1.165) is 29.2 Å². The van der Waals surface area contributed by atoms with Crippen LogP contribution in [0, 0.1) is 5.92 Å². The third-order valence-corrected chi connectivity index (χ3v) is 3.70. The van der Waals surface area contributed by atoms with Crippen LogP contribution in [-0.2, 0) is 6.54 Å². The molecule has 1 rings (SSSR count). The molecule has 0 amide bonds. The van der Waals surface area contributed by atoms with Gasteiger partial charge < -0.3 is 4.57 Å². The van der Waals surface area contributed by atoms with E-state index < -0.39 is 0 Å². The summed E-state index contributed by atoms with van der Waals surface area (Å²) in [5, 5.41) is 0.944. The van der Waals surface area contributed by atoms with Gasteiger partial charge in [0.2, 0.25) is 0 Å². The fraction of sp³-hybridized carbons (Fsp3) is 0.545. The van der Waals surface area contributed by atoms with Gasteiger partial charge in [-0.3, -0.25) is 4.79 Å². The standard InChI is InChI=1S/C11H15Br2NO/c1-2-3-9(6-12)7-14-8-10(13)4-5-11(14)15/h4-5,8-9H,2-3,6-7H2,1H3. The van der Waals surface area contributed by atoms with E-state index in [1.807, 2.05) is 6.20 Å². The summed E-state index contributed by atoms with van der Waals surface area (Å²) in [7, 11) is 0. The lowest BCUT2D eigenvalue weighted by molar-refractivity contribution is 0.447. The largest absolute Gasteiger partial charge is 0.314 e. The van der Waals surface area contributed by atoms with Crippen molar-refractivity contribution >= 4 is 31.9 Å². The van der Waals surface area contributed by atoms with Gasteiger partial charge >= 0.3 is 0 Å². The molecule has 0 spiro atoms. The highest BCUT2D eigenvalue weighted by atomic mass is 79.9. The van der Waals surface area contributed by atoms with E-state index in [-0.39, 0.29) is 5.56 Å². The molecule has 0 aromatic carbocycles. The lowest BCUT2D eigenvalue weighted by Crippen LogP contribution is -2.23. The van der Waals surface area contributed by atoms with Gasteiger partial charge in [0.1, 0.15) is 0 Å². The molecule has 4 heteroatoms. The normalized spacial score (nSPS) is 12.7. The van der Waals surface area contributed by atoms with Gasteiger partial charge in [0, 0.05) is 28.6 Å². The summed E-state index contributed by atoms with van der Waals surface area (Å²) in [5.74, 6) is 0.530. The maximum atomic E-state index is 11.6. The highest BCUT2D eigenvalue weighted by Crippen LogP contribution is 2.13. The molecule has 1 unspecified atom stereocenters. The minimum atomic E-state index is 0.0697. The molecule has 2 nitrogen and oxygen atoms in total. The van der Waals surface area contributed by atoms with Crippen molar-refractivity contribution in [3.8, 4) is 0 Å². The number of pyridine rings is 1. The second-order valence-electron chi connectivity index (χ2n) is 3.65. The molecule has 0 fully saturated rings. The second kappa shape index (κ2) is 6.48. The van der Waals surface area contributed by atoms with E-state index in [1.54, 1.807) is 16.7 Å². The monoisotopic (exact) mass is 335 g/mol. The van der Waals surface area contributed by atoms with Gasteiger partial charge in [-0.05, 0) is 34.3 Å². The number of hydrogen-bond acceptors (Lipinski definition) is 1. The number of aromatic nitrogens is 1. The van der Waals surface area contributed by atoms with Crippen LogP contribution in [-0.4, -0.2) is 9.90 Å². The van der Waals surface area contributed by atoms with Gasteiger partial charge in [0.15, 0.2) is 0 Å². The van der Waals surface area contributed by atoms with Crippen LogP contribution >= 0.6 is 31.9 Å². The maximum Gasteiger partial charge on any atom is 0.250 e. The number of alkyl halides is 1. The summed E-state index contributed by atoms with van der Waals surface area (Å²) in [4.78, 5) is 11.6. The molecule has 0 aliphatic rings. The quantitative estimate of drug-likeness (QED) is 0.755. The summed E-state index contributed by atoms with van der Waals surface area (Å²) < 4.78 is 2.72. The number of nitrogens with zero attached hydrogens (tertiary/aromatic N) is 1. The van der Waals surface area contributed by atoms with Gasteiger partial charge in [-0.1, -0.05) is 29.3 Å². The Labute approximate surface area is 107 Å². The van der Waals surface area contributed by atoms with Crippen molar-refractivity contribution < 1.29 is 0 Å². The SMILES string of the molecule is CCCC(CBr)Cn1cc(Br)ccc1=O. The highest BCUT2D eigenvalue weighted by Gasteiger charge is 2.07. The van der Waals surface area contributed by atoms with Gasteiger partial charge in [0.05, 0.1) is 0 Å². The average molecular weight is 337 g/mol. The molecule has 0 aliphatic heterocycles. The third-order valence-electron chi connectivity index (χ3n) is 2.32. The highest BCUT2D eigenvalue weighted by molar-refractivity contribution is 9.10. The third kappa shape index (κ3) is 4.11. The second-order valence-corrected chi connectivity index (χ2v) is 5.21. The maximum absolute atomic E-state index is 11.6. The van der Waals surface area contributed by atoms with Gasteiger partial charge in [-0.2, -0.15) is 0 Å². The molecule has 1 heterocycles. The summed E-state index contributed by atoms with van der Waals surface area (Å²) in [6.07, 6.45) is 4.15. The Bertz CT molecular complexity index is 362. The Morgan fingerprint density at radius 3 is 2.80 bits per heavy atom. The summed E-state index contributed by atoms with van der Waals surface area (Å²) in [5.41, 5.74) is 0.0697. The fourth-order valence-corrected chi connectivity index (χ4v) is 2.46. The first-order chi connectivity index (χ1) is 7.17. The molecule has 0 saturated carbocycles. The molecule has 0 saturated heterocycles. The molecule has 1 atom stereocenters. The fourth-order valence-electron chi connectivity index (χ4n) is 1.55. The van der Waals surface area contributed by atoms with Crippen LogP contribution in [0.5, 0.6) is 0 Å². The molecule has 0 radical (unpaired) electrons. The van der Waals surface area contributed by atoms with Crippen molar-refractivity contribution in [3.63, 3.8) is 0 Å². The van der Waals surface area contributed by atoms with Gasteiger partial charge in [-0.25, -0.2) is 0 Å². The lowest BCUT2D eigenvalue weighted by atomic mass is 10.1. The number of halogens is 2. The number of rotatable bonds is 5. The van der Waals surface area contributed by atoms with Crippen molar-refractivity contribution in [2.45, 2.75) is 26.3 Å². The predicted octanol–water partition coefficient (Wildman–Crippen LogP) is 3.42. The zero-order valence-electron chi connectivity index (χ0n) is 8.75. The summed E-state index contributed by atoms with van der Waals surface area (Å²) >= 11 is 6.87. The molecular formula is C11H15Br2NO. The molecule has 0 N–H and O–H groups in total. The van der Waals surface area contributed by atoms with Crippen molar-refractivity contribution in [1.29, 1.82) is 0 Å². The van der Waals surface area contributed by atoms with Crippen LogP contribution in [0.25, 0.3) is 0 Å². The van der Waals surface area contributed by atoms with Crippen molar-refractivity contribution in [2.75, 3.05) is 5.33 Å². The topological polar surface area (TPSA) is 22.0 Å². The van der Waals surface area contributed by atoms with Gasteiger partial charge in [-0.15, -0.1) is 0 Å². The van der Waals surface area contributed by atoms with Crippen LogP contribution in [0.1, 0.15) is 19.8 Å².